The van der Waals surface area contributed by atoms with E-state index in [0.717, 1.165) is 12.0 Å². The van der Waals surface area contributed by atoms with Crippen LogP contribution in [0, 0.1) is 5.92 Å². The highest BCUT2D eigenvalue weighted by Crippen LogP contribution is 2.35. The summed E-state index contributed by atoms with van der Waals surface area (Å²) in [4.78, 5) is 8.81. The molecule has 0 unspecified atom stereocenters. The normalized spacial score (nSPS) is 29.8. The Labute approximate surface area is 102 Å². The summed E-state index contributed by atoms with van der Waals surface area (Å²) in [5.41, 5.74) is 3.44. The summed E-state index contributed by atoms with van der Waals surface area (Å²) in [5.74, 6) is 0.884. The first-order chi connectivity index (χ1) is 7.88. The number of thiazole rings is 1. The molecule has 3 heteroatoms. The Balaban J connectivity index is 1.81. The summed E-state index contributed by atoms with van der Waals surface area (Å²) in [7, 11) is 0. The van der Waals surface area contributed by atoms with Gasteiger partial charge in [-0.1, -0.05) is 6.92 Å². The molecule has 2 heterocycles. The molecule has 3 rings (SSSR count). The van der Waals surface area contributed by atoms with E-state index >= 15 is 0 Å². The van der Waals surface area contributed by atoms with Crippen molar-refractivity contribution in [2.24, 2.45) is 5.92 Å². The van der Waals surface area contributed by atoms with Gasteiger partial charge in [-0.3, -0.25) is 4.90 Å². The average molecular weight is 236 g/mol. The Bertz CT molecular complexity index is 359. The van der Waals surface area contributed by atoms with Gasteiger partial charge in [0.15, 0.2) is 0 Å². The van der Waals surface area contributed by atoms with Gasteiger partial charge in [-0.25, -0.2) is 4.98 Å². The summed E-state index contributed by atoms with van der Waals surface area (Å²) < 4.78 is 0. The van der Waals surface area contributed by atoms with Crippen LogP contribution < -0.4 is 0 Å². The number of hydrogen-bond acceptors (Lipinski definition) is 3. The quantitative estimate of drug-likeness (QED) is 0.785. The number of rotatable bonds is 2. The molecule has 1 aliphatic heterocycles. The zero-order valence-corrected chi connectivity index (χ0v) is 10.8. The molecule has 1 aliphatic carbocycles. The van der Waals surface area contributed by atoms with Gasteiger partial charge in [-0.15, -0.1) is 11.3 Å². The van der Waals surface area contributed by atoms with E-state index in [1.165, 1.54) is 50.9 Å². The highest BCUT2D eigenvalue weighted by atomic mass is 32.1. The van der Waals surface area contributed by atoms with E-state index in [-0.39, 0.29) is 0 Å². The molecule has 2 atom stereocenters. The molecule has 1 fully saturated rings. The number of piperidine rings is 1. The Kier molecular flexibility index (Phi) is 2.99. The first-order valence-electron chi connectivity index (χ1n) is 6.53. The van der Waals surface area contributed by atoms with Crippen LogP contribution in [0.15, 0.2) is 5.51 Å². The van der Waals surface area contributed by atoms with E-state index < -0.39 is 0 Å². The van der Waals surface area contributed by atoms with E-state index in [9.17, 15) is 0 Å². The second-order valence-corrected chi connectivity index (χ2v) is 6.08. The third-order valence-corrected chi connectivity index (χ3v) is 5.02. The van der Waals surface area contributed by atoms with Crippen molar-refractivity contribution in [3.63, 3.8) is 0 Å². The van der Waals surface area contributed by atoms with Crippen molar-refractivity contribution in [2.75, 3.05) is 13.1 Å². The lowest BCUT2D eigenvalue weighted by atomic mass is 9.79. The van der Waals surface area contributed by atoms with Crippen molar-refractivity contribution in [2.45, 2.75) is 45.1 Å². The summed E-state index contributed by atoms with van der Waals surface area (Å²) in [6.45, 7) is 4.91. The standard InChI is InChI=1S/C13H20N2S/c1-2-5-15-6-3-4-10-7-11-13(8-12(10)15)16-9-14-11/h9-10,12H,2-8H2,1H3/t10-,12-/m0/s1. The monoisotopic (exact) mass is 236 g/mol. The van der Waals surface area contributed by atoms with Crippen molar-refractivity contribution < 1.29 is 0 Å². The molecule has 1 aromatic heterocycles. The second-order valence-electron chi connectivity index (χ2n) is 5.14. The molecule has 0 amide bonds. The Hall–Kier alpha value is -0.410. The highest BCUT2D eigenvalue weighted by Gasteiger charge is 2.35. The molecule has 2 nitrogen and oxygen atoms in total. The zero-order chi connectivity index (χ0) is 11.0. The first kappa shape index (κ1) is 10.7. The third-order valence-electron chi connectivity index (χ3n) is 4.12. The van der Waals surface area contributed by atoms with Gasteiger partial charge in [-0.05, 0) is 51.1 Å². The summed E-state index contributed by atoms with van der Waals surface area (Å²) in [6.07, 6.45) is 6.61. The number of nitrogens with zero attached hydrogens (tertiary/aromatic N) is 2. The molecule has 0 saturated carbocycles. The topological polar surface area (TPSA) is 16.1 Å². The van der Waals surface area contributed by atoms with Crippen molar-refractivity contribution in [3.8, 4) is 0 Å². The summed E-state index contributed by atoms with van der Waals surface area (Å²) in [5, 5.41) is 0. The van der Waals surface area contributed by atoms with Gasteiger partial charge in [0.25, 0.3) is 0 Å². The number of fused-ring (bicyclic) bond motifs is 2. The van der Waals surface area contributed by atoms with Crippen LogP contribution in [0.3, 0.4) is 0 Å². The fourth-order valence-electron chi connectivity index (χ4n) is 3.38. The maximum absolute atomic E-state index is 4.52. The van der Waals surface area contributed by atoms with Crippen LogP contribution in [0.1, 0.15) is 36.8 Å². The summed E-state index contributed by atoms with van der Waals surface area (Å²) in [6, 6.07) is 0.821. The predicted octanol–water partition coefficient (Wildman–Crippen LogP) is 2.73. The van der Waals surface area contributed by atoms with Crippen molar-refractivity contribution in [1.82, 2.24) is 9.88 Å². The minimum Gasteiger partial charge on any atom is -0.300 e. The van der Waals surface area contributed by atoms with Crippen LogP contribution in [-0.2, 0) is 12.8 Å². The largest absolute Gasteiger partial charge is 0.300 e. The molecular weight excluding hydrogens is 216 g/mol. The van der Waals surface area contributed by atoms with E-state index in [0.29, 0.717) is 0 Å². The third kappa shape index (κ3) is 1.80. The molecule has 0 N–H and O–H groups in total. The van der Waals surface area contributed by atoms with Gasteiger partial charge in [0, 0.05) is 10.9 Å². The predicted molar refractivity (Wildman–Crippen MR) is 67.9 cm³/mol. The van der Waals surface area contributed by atoms with Gasteiger partial charge in [0.1, 0.15) is 0 Å². The van der Waals surface area contributed by atoms with Crippen LogP contribution in [0.25, 0.3) is 0 Å². The molecule has 88 valence electrons. The number of likely N-dealkylation sites (tertiary alicyclic amines) is 1. The number of hydrogen-bond donors (Lipinski definition) is 0. The highest BCUT2D eigenvalue weighted by molar-refractivity contribution is 7.09. The first-order valence-corrected chi connectivity index (χ1v) is 7.41. The van der Waals surface area contributed by atoms with Gasteiger partial charge < -0.3 is 0 Å². The molecular formula is C13H20N2S. The molecule has 0 radical (unpaired) electrons. The Morgan fingerprint density at radius 3 is 3.31 bits per heavy atom. The van der Waals surface area contributed by atoms with E-state index in [1.807, 2.05) is 16.8 Å². The van der Waals surface area contributed by atoms with E-state index in [4.69, 9.17) is 0 Å². The van der Waals surface area contributed by atoms with Crippen molar-refractivity contribution in [3.05, 3.63) is 16.1 Å². The van der Waals surface area contributed by atoms with Crippen molar-refractivity contribution in [1.29, 1.82) is 0 Å². The molecule has 0 spiro atoms. The SMILES string of the molecule is CCCN1CCC[C@H]2Cc3ncsc3C[C@@H]21. The van der Waals surface area contributed by atoms with Gasteiger partial charge in [0.2, 0.25) is 0 Å². The van der Waals surface area contributed by atoms with E-state index in [2.05, 4.69) is 16.8 Å². The molecule has 0 bridgehead atoms. The van der Waals surface area contributed by atoms with E-state index in [1.54, 1.807) is 4.88 Å². The Morgan fingerprint density at radius 1 is 1.50 bits per heavy atom. The molecule has 1 saturated heterocycles. The maximum Gasteiger partial charge on any atom is 0.0797 e. The second kappa shape index (κ2) is 4.46. The molecule has 0 aromatic carbocycles. The van der Waals surface area contributed by atoms with Gasteiger partial charge in [0.05, 0.1) is 11.2 Å². The van der Waals surface area contributed by atoms with Crippen LogP contribution in [0.5, 0.6) is 0 Å². The lowest BCUT2D eigenvalue weighted by Crippen LogP contribution is -2.49. The fourth-order valence-corrected chi connectivity index (χ4v) is 4.22. The number of aromatic nitrogens is 1. The maximum atomic E-state index is 4.52. The minimum absolute atomic E-state index is 0.821. The lowest BCUT2D eigenvalue weighted by Gasteiger charge is -2.43. The minimum atomic E-state index is 0.821. The smallest absolute Gasteiger partial charge is 0.0797 e. The zero-order valence-electron chi connectivity index (χ0n) is 9.98. The van der Waals surface area contributed by atoms with Gasteiger partial charge in [-0.2, -0.15) is 0 Å². The molecule has 1 aromatic rings. The van der Waals surface area contributed by atoms with Crippen LogP contribution >= 0.6 is 11.3 Å². The van der Waals surface area contributed by atoms with Crippen LogP contribution in [0.4, 0.5) is 0 Å². The molecule has 16 heavy (non-hydrogen) atoms. The Morgan fingerprint density at radius 2 is 2.44 bits per heavy atom. The van der Waals surface area contributed by atoms with Crippen LogP contribution in [0.2, 0.25) is 0 Å². The van der Waals surface area contributed by atoms with Crippen molar-refractivity contribution >= 4 is 11.3 Å². The van der Waals surface area contributed by atoms with Gasteiger partial charge >= 0.3 is 0 Å². The summed E-state index contributed by atoms with van der Waals surface area (Å²) >= 11 is 1.86. The lowest BCUT2D eigenvalue weighted by molar-refractivity contribution is 0.0857. The average Bonchev–Trinajstić information content (AvgIpc) is 2.74. The van der Waals surface area contributed by atoms with Crippen LogP contribution in [-0.4, -0.2) is 29.0 Å². The fraction of sp³-hybridized carbons (Fsp3) is 0.769. The molecule has 2 aliphatic rings.